The second-order valence-corrected chi connectivity index (χ2v) is 5.22. The van der Waals surface area contributed by atoms with Gasteiger partial charge in [-0.05, 0) is 12.8 Å². The predicted molar refractivity (Wildman–Crippen MR) is 72.3 cm³/mol. The van der Waals surface area contributed by atoms with Crippen LogP contribution in [0, 0.1) is 5.41 Å². The van der Waals surface area contributed by atoms with Gasteiger partial charge >= 0.3 is 12.0 Å². The molecule has 7 heteroatoms. The summed E-state index contributed by atoms with van der Waals surface area (Å²) in [6.45, 7) is 2.45. The Morgan fingerprint density at radius 3 is 2.30 bits per heavy atom. The molecule has 1 saturated heterocycles. The van der Waals surface area contributed by atoms with E-state index in [2.05, 4.69) is 0 Å². The van der Waals surface area contributed by atoms with E-state index in [1.807, 2.05) is 6.92 Å². The number of carbonyl (C=O) groups is 2. The number of aliphatic hydroxyl groups excluding tert-OH is 2. The van der Waals surface area contributed by atoms with Gasteiger partial charge in [-0.2, -0.15) is 0 Å². The maximum atomic E-state index is 12.3. The topological polar surface area (TPSA) is 101 Å². The van der Waals surface area contributed by atoms with Crippen molar-refractivity contribution < 1.29 is 24.9 Å². The second kappa shape index (κ2) is 7.44. The summed E-state index contributed by atoms with van der Waals surface area (Å²) in [4.78, 5) is 26.6. The Bertz CT molecular complexity index is 344. The number of aliphatic hydroxyl groups is 2. The molecular formula is C13H24N2O5. The number of rotatable bonds is 7. The van der Waals surface area contributed by atoms with Crippen LogP contribution in [0.25, 0.3) is 0 Å². The van der Waals surface area contributed by atoms with Gasteiger partial charge in [-0.1, -0.05) is 13.3 Å². The maximum Gasteiger partial charge on any atom is 0.320 e. The van der Waals surface area contributed by atoms with Crippen molar-refractivity contribution in [3.05, 3.63) is 0 Å². The van der Waals surface area contributed by atoms with E-state index < -0.39 is 11.4 Å². The van der Waals surface area contributed by atoms with Crippen LogP contribution in [-0.4, -0.2) is 76.5 Å². The van der Waals surface area contributed by atoms with E-state index in [-0.39, 0.29) is 38.9 Å². The fourth-order valence-corrected chi connectivity index (χ4v) is 2.74. The third-order valence-corrected chi connectivity index (χ3v) is 3.82. The Balaban J connectivity index is 2.73. The van der Waals surface area contributed by atoms with Crippen LogP contribution in [0.3, 0.4) is 0 Å². The molecule has 0 aromatic carbocycles. The summed E-state index contributed by atoms with van der Waals surface area (Å²) in [5.74, 6) is -0.856. The molecule has 3 N–H and O–H groups in total. The van der Waals surface area contributed by atoms with Crippen LogP contribution in [0.2, 0.25) is 0 Å². The molecular weight excluding hydrogens is 264 g/mol. The molecule has 1 aliphatic heterocycles. The van der Waals surface area contributed by atoms with Crippen molar-refractivity contribution in [2.24, 2.45) is 5.41 Å². The number of likely N-dealkylation sites (tertiary alicyclic amines) is 1. The minimum Gasteiger partial charge on any atom is -0.481 e. The van der Waals surface area contributed by atoms with Crippen LogP contribution in [0.15, 0.2) is 0 Å². The maximum absolute atomic E-state index is 12.3. The average Bonchev–Trinajstić information content (AvgIpc) is 2.84. The first-order valence-corrected chi connectivity index (χ1v) is 6.99. The normalized spacial score (nSPS) is 22.1. The molecule has 1 heterocycles. The van der Waals surface area contributed by atoms with Crippen molar-refractivity contribution in [3.63, 3.8) is 0 Å². The molecule has 20 heavy (non-hydrogen) atoms. The first-order valence-electron chi connectivity index (χ1n) is 6.99. The lowest BCUT2D eigenvalue weighted by Gasteiger charge is -2.29. The van der Waals surface area contributed by atoms with Gasteiger partial charge in [0, 0.05) is 26.2 Å². The van der Waals surface area contributed by atoms with Gasteiger partial charge in [-0.3, -0.25) is 4.79 Å². The summed E-state index contributed by atoms with van der Waals surface area (Å²) < 4.78 is 0. The number of carboxylic acid groups (broad SMARTS) is 1. The van der Waals surface area contributed by atoms with Crippen LogP contribution in [0.5, 0.6) is 0 Å². The Hall–Kier alpha value is -1.34. The number of aliphatic carboxylic acids is 1. The Labute approximate surface area is 118 Å². The van der Waals surface area contributed by atoms with Gasteiger partial charge in [-0.25, -0.2) is 4.79 Å². The summed E-state index contributed by atoms with van der Waals surface area (Å²) in [6, 6.07) is -0.313. The minimum absolute atomic E-state index is 0.143. The van der Waals surface area contributed by atoms with Crippen LogP contribution < -0.4 is 0 Å². The Kier molecular flexibility index (Phi) is 6.22. The highest BCUT2D eigenvalue weighted by Crippen LogP contribution is 2.35. The smallest absolute Gasteiger partial charge is 0.320 e. The molecule has 0 saturated carbocycles. The molecule has 7 nitrogen and oxygen atoms in total. The van der Waals surface area contributed by atoms with Crippen molar-refractivity contribution in [3.8, 4) is 0 Å². The molecule has 1 rings (SSSR count). The highest BCUT2D eigenvalue weighted by atomic mass is 16.4. The summed E-state index contributed by atoms with van der Waals surface area (Å²) in [7, 11) is 0. The van der Waals surface area contributed by atoms with Gasteiger partial charge < -0.3 is 25.1 Å². The highest BCUT2D eigenvalue weighted by Gasteiger charge is 2.46. The van der Waals surface area contributed by atoms with Crippen LogP contribution >= 0.6 is 0 Å². The van der Waals surface area contributed by atoms with Crippen LogP contribution in [0.4, 0.5) is 4.79 Å². The van der Waals surface area contributed by atoms with Gasteiger partial charge in [0.1, 0.15) is 0 Å². The van der Waals surface area contributed by atoms with Gasteiger partial charge in [-0.15, -0.1) is 0 Å². The molecule has 1 atom stereocenters. The van der Waals surface area contributed by atoms with Crippen LogP contribution in [0.1, 0.15) is 26.2 Å². The lowest BCUT2D eigenvalue weighted by molar-refractivity contribution is -0.148. The van der Waals surface area contributed by atoms with Gasteiger partial charge in [0.15, 0.2) is 0 Å². The number of hydrogen-bond acceptors (Lipinski definition) is 4. The molecule has 0 aromatic rings. The summed E-state index contributed by atoms with van der Waals surface area (Å²) >= 11 is 0. The van der Waals surface area contributed by atoms with E-state index in [9.17, 15) is 14.7 Å². The lowest BCUT2D eigenvalue weighted by Crippen LogP contribution is -2.46. The van der Waals surface area contributed by atoms with Gasteiger partial charge in [0.2, 0.25) is 0 Å². The lowest BCUT2D eigenvalue weighted by atomic mass is 9.83. The zero-order valence-electron chi connectivity index (χ0n) is 11.9. The molecule has 1 unspecified atom stereocenters. The quantitative estimate of drug-likeness (QED) is 0.610. The van der Waals surface area contributed by atoms with Crippen molar-refractivity contribution in [1.29, 1.82) is 0 Å². The second-order valence-electron chi connectivity index (χ2n) is 5.22. The first kappa shape index (κ1) is 16.7. The molecule has 0 aromatic heterocycles. The largest absolute Gasteiger partial charge is 0.481 e. The molecule has 1 aliphatic rings. The van der Waals surface area contributed by atoms with Crippen molar-refractivity contribution in [1.82, 2.24) is 9.80 Å². The van der Waals surface area contributed by atoms with E-state index in [1.165, 1.54) is 9.80 Å². The predicted octanol–water partition coefficient (Wildman–Crippen LogP) is -0.0302. The summed E-state index contributed by atoms with van der Waals surface area (Å²) in [6.07, 6.45) is 1.76. The number of amides is 2. The fourth-order valence-electron chi connectivity index (χ4n) is 2.74. The van der Waals surface area contributed by atoms with Crippen LogP contribution in [-0.2, 0) is 4.79 Å². The molecule has 0 bridgehead atoms. The number of urea groups is 1. The van der Waals surface area contributed by atoms with E-state index in [0.717, 1.165) is 6.42 Å². The molecule has 0 spiro atoms. The molecule has 2 amide bonds. The molecule has 116 valence electrons. The number of carbonyl (C=O) groups excluding carboxylic acids is 1. The standard InChI is InChI=1S/C13H24N2O5/c1-2-3-13(11(18)19)4-5-15(10-13)12(20)14(6-8-16)7-9-17/h16-17H,2-10H2,1H3,(H,18,19). The van der Waals surface area contributed by atoms with Gasteiger partial charge in [0.25, 0.3) is 0 Å². The monoisotopic (exact) mass is 288 g/mol. The SMILES string of the molecule is CCCC1(C(=O)O)CCN(C(=O)N(CCO)CCO)C1. The number of nitrogens with zero attached hydrogens (tertiary/aromatic N) is 2. The third kappa shape index (κ3) is 3.61. The average molecular weight is 288 g/mol. The Morgan fingerprint density at radius 2 is 1.85 bits per heavy atom. The number of carboxylic acids is 1. The van der Waals surface area contributed by atoms with Crippen molar-refractivity contribution in [2.45, 2.75) is 26.2 Å². The summed E-state index contributed by atoms with van der Waals surface area (Å²) in [5.41, 5.74) is -0.853. The zero-order valence-corrected chi connectivity index (χ0v) is 11.9. The molecule has 1 fully saturated rings. The molecule has 0 radical (unpaired) electrons. The summed E-state index contributed by atoms with van der Waals surface area (Å²) in [5, 5.41) is 27.3. The van der Waals surface area contributed by atoms with Gasteiger partial charge in [0.05, 0.1) is 18.6 Å². The van der Waals surface area contributed by atoms with E-state index in [1.54, 1.807) is 0 Å². The number of hydrogen-bond donors (Lipinski definition) is 3. The first-order chi connectivity index (χ1) is 9.50. The minimum atomic E-state index is -0.856. The zero-order chi connectivity index (χ0) is 15.2. The molecule has 0 aliphatic carbocycles. The van der Waals surface area contributed by atoms with E-state index in [4.69, 9.17) is 10.2 Å². The fraction of sp³-hybridized carbons (Fsp3) is 0.846. The van der Waals surface area contributed by atoms with Crippen molar-refractivity contribution in [2.75, 3.05) is 39.4 Å². The van der Waals surface area contributed by atoms with Crippen molar-refractivity contribution >= 4 is 12.0 Å². The van der Waals surface area contributed by atoms with E-state index in [0.29, 0.717) is 19.4 Å². The third-order valence-electron chi connectivity index (χ3n) is 3.82. The Morgan fingerprint density at radius 1 is 1.25 bits per heavy atom. The van der Waals surface area contributed by atoms with E-state index >= 15 is 0 Å². The highest BCUT2D eigenvalue weighted by molar-refractivity contribution is 5.79.